The molecule has 2 amide bonds. The van der Waals surface area contributed by atoms with Gasteiger partial charge in [0.2, 0.25) is 5.91 Å². The topological polar surface area (TPSA) is 55.9 Å². The third-order valence-corrected chi connectivity index (χ3v) is 8.97. The summed E-state index contributed by atoms with van der Waals surface area (Å²) < 4.78 is 0. The summed E-state index contributed by atoms with van der Waals surface area (Å²) in [6, 6.07) is 8.71. The third kappa shape index (κ3) is 7.35. The minimum absolute atomic E-state index is 0.0558. The summed E-state index contributed by atoms with van der Waals surface area (Å²) in [7, 11) is 0. The van der Waals surface area contributed by atoms with Crippen LogP contribution in [0.4, 0.5) is 0 Å². The standard InChI is InChI=1S/C31H50N4O2/c1-24-10-7-8-18-33(24)19-9-17-32-29(36)28(25-11-5-6-12-25)34-20-22-35(23-21-34)30(37)26-13-15-27(16-14-26)31(2,3)4/h13-16,24-25,28H,5-12,17-23H2,1-4H3,(H,32,36)/t24-,28+/m0/s1. The van der Waals surface area contributed by atoms with Crippen molar-refractivity contribution < 1.29 is 9.59 Å². The van der Waals surface area contributed by atoms with E-state index in [9.17, 15) is 9.59 Å². The first-order valence-electron chi connectivity index (χ1n) is 14.9. The Kier molecular flexibility index (Phi) is 9.68. The van der Waals surface area contributed by atoms with Crippen LogP contribution in [-0.2, 0) is 10.2 Å². The molecule has 0 bridgehead atoms. The highest BCUT2D eigenvalue weighted by Crippen LogP contribution is 2.31. The molecule has 206 valence electrons. The maximum atomic E-state index is 13.4. The van der Waals surface area contributed by atoms with Crippen molar-refractivity contribution in [3.05, 3.63) is 35.4 Å². The van der Waals surface area contributed by atoms with Gasteiger partial charge in [0.05, 0.1) is 6.04 Å². The number of piperazine rings is 1. The molecule has 6 nitrogen and oxygen atoms in total. The first kappa shape index (κ1) is 28.1. The number of carbonyl (C=O) groups is 2. The average molecular weight is 511 g/mol. The van der Waals surface area contributed by atoms with Crippen LogP contribution in [0.5, 0.6) is 0 Å². The molecule has 37 heavy (non-hydrogen) atoms. The predicted molar refractivity (Wildman–Crippen MR) is 151 cm³/mol. The molecule has 4 rings (SSSR count). The van der Waals surface area contributed by atoms with Crippen LogP contribution in [0.3, 0.4) is 0 Å². The van der Waals surface area contributed by atoms with Crippen LogP contribution in [0.2, 0.25) is 0 Å². The summed E-state index contributed by atoms with van der Waals surface area (Å²) in [5.74, 6) is 0.749. The van der Waals surface area contributed by atoms with Crippen molar-refractivity contribution in [2.24, 2.45) is 5.92 Å². The van der Waals surface area contributed by atoms with Crippen molar-refractivity contribution in [3.63, 3.8) is 0 Å². The fourth-order valence-electron chi connectivity index (χ4n) is 6.54. The zero-order valence-electron chi connectivity index (χ0n) is 23.8. The lowest BCUT2D eigenvalue weighted by Crippen LogP contribution is -2.58. The van der Waals surface area contributed by atoms with Crippen LogP contribution in [0, 0.1) is 5.92 Å². The molecule has 2 atom stereocenters. The number of nitrogens with one attached hydrogen (secondary N) is 1. The Hall–Kier alpha value is -1.92. The number of rotatable bonds is 8. The molecule has 1 aromatic rings. The van der Waals surface area contributed by atoms with Gasteiger partial charge in [0.1, 0.15) is 0 Å². The van der Waals surface area contributed by atoms with E-state index in [0.29, 0.717) is 25.0 Å². The van der Waals surface area contributed by atoms with Gasteiger partial charge in [-0.15, -0.1) is 0 Å². The molecule has 1 N–H and O–H groups in total. The van der Waals surface area contributed by atoms with Crippen molar-refractivity contribution in [1.82, 2.24) is 20.0 Å². The summed E-state index contributed by atoms with van der Waals surface area (Å²) in [6.07, 6.45) is 9.70. The van der Waals surface area contributed by atoms with Crippen LogP contribution < -0.4 is 5.32 Å². The van der Waals surface area contributed by atoms with Gasteiger partial charge in [-0.2, -0.15) is 0 Å². The molecule has 2 saturated heterocycles. The number of hydrogen-bond acceptors (Lipinski definition) is 4. The normalized spacial score (nSPS) is 23.2. The fourth-order valence-corrected chi connectivity index (χ4v) is 6.54. The van der Waals surface area contributed by atoms with Crippen molar-refractivity contribution in [1.29, 1.82) is 0 Å². The minimum atomic E-state index is -0.0558. The number of carbonyl (C=O) groups excluding carboxylic acids is 2. The molecule has 0 unspecified atom stereocenters. The van der Waals surface area contributed by atoms with Crippen molar-refractivity contribution >= 4 is 11.8 Å². The first-order chi connectivity index (χ1) is 17.7. The third-order valence-electron chi connectivity index (χ3n) is 8.97. The van der Waals surface area contributed by atoms with E-state index in [-0.39, 0.29) is 23.3 Å². The highest BCUT2D eigenvalue weighted by molar-refractivity contribution is 5.94. The van der Waals surface area contributed by atoms with Crippen molar-refractivity contribution in [2.75, 3.05) is 45.8 Å². The van der Waals surface area contributed by atoms with Gasteiger partial charge in [-0.1, -0.05) is 52.2 Å². The monoisotopic (exact) mass is 510 g/mol. The second kappa shape index (κ2) is 12.8. The highest BCUT2D eigenvalue weighted by Gasteiger charge is 2.37. The highest BCUT2D eigenvalue weighted by atomic mass is 16.2. The molecule has 3 fully saturated rings. The molecule has 0 radical (unpaired) electrons. The van der Waals surface area contributed by atoms with E-state index in [1.807, 2.05) is 17.0 Å². The number of piperidine rings is 1. The Balaban J connectivity index is 1.29. The van der Waals surface area contributed by atoms with Gasteiger partial charge < -0.3 is 15.1 Å². The summed E-state index contributed by atoms with van der Waals surface area (Å²) in [4.78, 5) is 33.5. The molecular weight excluding hydrogens is 460 g/mol. The second-order valence-corrected chi connectivity index (χ2v) is 12.7. The molecule has 1 aliphatic carbocycles. The van der Waals surface area contributed by atoms with Gasteiger partial charge in [0.15, 0.2) is 0 Å². The van der Waals surface area contributed by atoms with E-state index in [4.69, 9.17) is 0 Å². The SMILES string of the molecule is C[C@H]1CCCCN1CCCNC(=O)[C@@H](C1CCCC1)N1CCN(C(=O)c2ccc(C(C)(C)C)cc2)CC1. The molecule has 1 saturated carbocycles. The number of hydrogen-bond donors (Lipinski definition) is 1. The Morgan fingerprint density at radius 3 is 2.19 bits per heavy atom. The van der Waals surface area contributed by atoms with Gasteiger partial charge in [-0.3, -0.25) is 14.5 Å². The van der Waals surface area contributed by atoms with E-state index in [1.54, 1.807) is 0 Å². The summed E-state index contributed by atoms with van der Waals surface area (Å²) in [6.45, 7) is 14.8. The van der Waals surface area contributed by atoms with Crippen LogP contribution in [-0.4, -0.2) is 84.4 Å². The van der Waals surface area contributed by atoms with Gasteiger partial charge in [0.25, 0.3) is 5.91 Å². The maximum absolute atomic E-state index is 13.4. The number of likely N-dealkylation sites (tertiary alicyclic amines) is 1. The van der Waals surface area contributed by atoms with Gasteiger partial charge in [0, 0.05) is 50.9 Å². The average Bonchev–Trinajstić information content (AvgIpc) is 3.42. The number of amides is 2. The van der Waals surface area contributed by atoms with E-state index in [1.165, 1.54) is 44.2 Å². The minimum Gasteiger partial charge on any atom is -0.355 e. The lowest BCUT2D eigenvalue weighted by Gasteiger charge is -2.41. The van der Waals surface area contributed by atoms with E-state index in [2.05, 4.69) is 54.9 Å². The molecule has 2 aliphatic heterocycles. The zero-order valence-corrected chi connectivity index (χ0v) is 23.8. The second-order valence-electron chi connectivity index (χ2n) is 12.7. The van der Waals surface area contributed by atoms with Crippen LogP contribution in [0.1, 0.15) is 95.0 Å². The van der Waals surface area contributed by atoms with Crippen LogP contribution in [0.15, 0.2) is 24.3 Å². The van der Waals surface area contributed by atoms with Crippen LogP contribution >= 0.6 is 0 Å². The largest absolute Gasteiger partial charge is 0.355 e. The quantitative estimate of drug-likeness (QED) is 0.516. The first-order valence-corrected chi connectivity index (χ1v) is 14.9. The Bertz CT molecular complexity index is 879. The van der Waals surface area contributed by atoms with Crippen LogP contribution in [0.25, 0.3) is 0 Å². The molecule has 1 aromatic carbocycles. The molecule has 2 heterocycles. The predicted octanol–water partition coefficient (Wildman–Crippen LogP) is 4.68. The number of benzene rings is 1. The summed E-state index contributed by atoms with van der Waals surface area (Å²) >= 11 is 0. The van der Waals surface area contributed by atoms with Crippen molar-refractivity contribution in [3.8, 4) is 0 Å². The lowest BCUT2D eigenvalue weighted by molar-refractivity contribution is -0.129. The summed E-state index contributed by atoms with van der Waals surface area (Å²) in [5.41, 5.74) is 2.08. The number of nitrogens with zero attached hydrogens (tertiary/aromatic N) is 3. The molecule has 0 aromatic heterocycles. The molecule has 6 heteroatoms. The van der Waals surface area contributed by atoms with E-state index >= 15 is 0 Å². The molecule has 3 aliphatic rings. The smallest absolute Gasteiger partial charge is 0.253 e. The Labute approximate surface area is 225 Å². The van der Waals surface area contributed by atoms with Crippen molar-refractivity contribution in [2.45, 2.75) is 96.6 Å². The van der Waals surface area contributed by atoms with Gasteiger partial charge in [-0.05, 0) is 74.6 Å². The van der Waals surface area contributed by atoms with Gasteiger partial charge in [-0.25, -0.2) is 0 Å². The maximum Gasteiger partial charge on any atom is 0.253 e. The zero-order chi connectivity index (χ0) is 26.4. The molecular formula is C31H50N4O2. The Morgan fingerprint density at radius 1 is 0.919 bits per heavy atom. The van der Waals surface area contributed by atoms with Gasteiger partial charge >= 0.3 is 0 Å². The summed E-state index contributed by atoms with van der Waals surface area (Å²) in [5, 5.41) is 3.30. The van der Waals surface area contributed by atoms with E-state index < -0.39 is 0 Å². The Morgan fingerprint density at radius 2 is 1.57 bits per heavy atom. The van der Waals surface area contributed by atoms with E-state index in [0.717, 1.165) is 51.0 Å². The fraction of sp³-hybridized carbons (Fsp3) is 0.742. The molecule has 0 spiro atoms. The lowest BCUT2D eigenvalue weighted by atomic mass is 9.86.